The smallest absolute Gasteiger partial charge is 0.220 e. The summed E-state index contributed by atoms with van der Waals surface area (Å²) in [6.45, 7) is 0. The van der Waals surface area contributed by atoms with E-state index in [1.807, 2.05) is 35.0 Å². The van der Waals surface area contributed by atoms with Gasteiger partial charge in [0.1, 0.15) is 5.82 Å². The molecule has 0 amide bonds. The normalized spacial score (nSPS) is 19.5. The summed E-state index contributed by atoms with van der Waals surface area (Å²) in [6, 6.07) is 9.97. The van der Waals surface area contributed by atoms with E-state index in [1.54, 1.807) is 6.20 Å². The number of para-hydroxylation sites is 1. The highest BCUT2D eigenvalue weighted by Crippen LogP contribution is 2.39. The van der Waals surface area contributed by atoms with Gasteiger partial charge in [0.2, 0.25) is 5.90 Å². The molecule has 102 valence electrons. The van der Waals surface area contributed by atoms with E-state index < -0.39 is 5.72 Å². The fraction of sp³-hybridized carbons (Fsp3) is 0.333. The lowest BCUT2D eigenvalue weighted by Gasteiger charge is -2.36. The van der Waals surface area contributed by atoms with Crippen molar-refractivity contribution in [1.29, 1.82) is 5.41 Å². The van der Waals surface area contributed by atoms with Gasteiger partial charge in [-0.25, -0.2) is 4.68 Å². The predicted molar refractivity (Wildman–Crippen MR) is 76.3 cm³/mol. The van der Waals surface area contributed by atoms with Gasteiger partial charge in [-0.15, -0.1) is 0 Å². The SMILES string of the molecule is N=C1OC2(CCCC2)Nc2c1cnn2-c1ccccc1. The van der Waals surface area contributed by atoms with Crippen LogP contribution in [-0.2, 0) is 4.74 Å². The van der Waals surface area contributed by atoms with Gasteiger partial charge in [0.15, 0.2) is 5.72 Å². The van der Waals surface area contributed by atoms with Gasteiger partial charge in [-0.2, -0.15) is 5.10 Å². The monoisotopic (exact) mass is 268 g/mol. The summed E-state index contributed by atoms with van der Waals surface area (Å²) in [5.41, 5.74) is 1.31. The number of hydrogen-bond donors (Lipinski definition) is 2. The van der Waals surface area contributed by atoms with Gasteiger partial charge in [0, 0.05) is 12.8 Å². The molecule has 2 aromatic rings. The summed E-state index contributed by atoms with van der Waals surface area (Å²) in [7, 11) is 0. The van der Waals surface area contributed by atoms with E-state index in [4.69, 9.17) is 10.1 Å². The van der Waals surface area contributed by atoms with E-state index in [-0.39, 0.29) is 5.90 Å². The average molecular weight is 268 g/mol. The maximum atomic E-state index is 8.12. The minimum atomic E-state index is -0.406. The molecule has 2 N–H and O–H groups in total. The van der Waals surface area contributed by atoms with Gasteiger partial charge in [-0.05, 0) is 25.0 Å². The lowest BCUT2D eigenvalue weighted by Crippen LogP contribution is -2.44. The van der Waals surface area contributed by atoms with Crippen molar-refractivity contribution in [1.82, 2.24) is 9.78 Å². The zero-order valence-corrected chi connectivity index (χ0v) is 11.1. The van der Waals surface area contributed by atoms with Crippen molar-refractivity contribution >= 4 is 11.7 Å². The summed E-state index contributed by atoms with van der Waals surface area (Å²) in [6.07, 6.45) is 5.84. The Morgan fingerprint density at radius 2 is 1.95 bits per heavy atom. The van der Waals surface area contributed by atoms with Crippen LogP contribution in [0.1, 0.15) is 31.2 Å². The highest BCUT2D eigenvalue weighted by molar-refractivity contribution is 5.98. The highest BCUT2D eigenvalue weighted by atomic mass is 16.5. The fourth-order valence-corrected chi connectivity index (χ4v) is 3.06. The zero-order chi connectivity index (χ0) is 13.6. The van der Waals surface area contributed by atoms with Crippen molar-refractivity contribution < 1.29 is 4.74 Å². The largest absolute Gasteiger partial charge is 0.451 e. The Morgan fingerprint density at radius 1 is 1.20 bits per heavy atom. The molecule has 1 aliphatic carbocycles. The first-order valence-electron chi connectivity index (χ1n) is 6.97. The minimum absolute atomic E-state index is 0.225. The molecule has 1 spiro atoms. The molecule has 4 rings (SSSR count). The molecule has 0 bridgehead atoms. The molecule has 0 atom stereocenters. The molecule has 0 radical (unpaired) electrons. The maximum Gasteiger partial charge on any atom is 0.220 e. The number of anilines is 1. The second-order valence-electron chi connectivity index (χ2n) is 5.41. The molecule has 2 heterocycles. The summed E-state index contributed by atoms with van der Waals surface area (Å²) in [4.78, 5) is 0. The van der Waals surface area contributed by atoms with Crippen LogP contribution in [0, 0.1) is 5.41 Å². The molecule has 2 aliphatic rings. The molecule has 0 unspecified atom stereocenters. The van der Waals surface area contributed by atoms with E-state index in [1.165, 1.54) is 0 Å². The molecule has 1 aromatic heterocycles. The van der Waals surface area contributed by atoms with Crippen LogP contribution in [0.2, 0.25) is 0 Å². The molecule has 5 heteroatoms. The van der Waals surface area contributed by atoms with Gasteiger partial charge < -0.3 is 10.1 Å². The molecule has 1 saturated carbocycles. The molecular weight excluding hydrogens is 252 g/mol. The van der Waals surface area contributed by atoms with Crippen molar-refractivity contribution in [2.24, 2.45) is 0 Å². The summed E-state index contributed by atoms with van der Waals surface area (Å²) < 4.78 is 7.68. The average Bonchev–Trinajstić information content (AvgIpc) is 3.08. The quantitative estimate of drug-likeness (QED) is 0.836. The zero-order valence-electron chi connectivity index (χ0n) is 11.1. The number of fused-ring (bicyclic) bond motifs is 1. The van der Waals surface area contributed by atoms with Crippen LogP contribution in [0.4, 0.5) is 5.82 Å². The molecule has 1 aliphatic heterocycles. The number of benzene rings is 1. The molecule has 1 aromatic carbocycles. The van der Waals surface area contributed by atoms with Crippen LogP contribution in [-0.4, -0.2) is 21.4 Å². The number of hydrogen-bond acceptors (Lipinski definition) is 4. The third kappa shape index (κ3) is 1.62. The van der Waals surface area contributed by atoms with E-state index in [0.29, 0.717) is 0 Å². The first kappa shape index (κ1) is 11.5. The fourth-order valence-electron chi connectivity index (χ4n) is 3.06. The molecule has 0 saturated heterocycles. The summed E-state index contributed by atoms with van der Waals surface area (Å²) >= 11 is 0. The second kappa shape index (κ2) is 4.10. The molecule has 1 fully saturated rings. The third-order valence-electron chi connectivity index (χ3n) is 4.07. The van der Waals surface area contributed by atoms with Crippen LogP contribution in [0.3, 0.4) is 0 Å². The second-order valence-corrected chi connectivity index (χ2v) is 5.41. The van der Waals surface area contributed by atoms with E-state index >= 15 is 0 Å². The predicted octanol–water partition coefficient (Wildman–Crippen LogP) is 2.91. The van der Waals surface area contributed by atoms with Crippen molar-refractivity contribution in [2.75, 3.05) is 5.32 Å². The van der Waals surface area contributed by atoms with Gasteiger partial charge in [0.25, 0.3) is 0 Å². The third-order valence-corrected chi connectivity index (χ3v) is 4.07. The first-order valence-corrected chi connectivity index (χ1v) is 6.97. The topological polar surface area (TPSA) is 62.9 Å². The maximum absolute atomic E-state index is 8.12. The van der Waals surface area contributed by atoms with Crippen LogP contribution in [0.5, 0.6) is 0 Å². The molecular formula is C15H16N4O. The van der Waals surface area contributed by atoms with E-state index in [9.17, 15) is 0 Å². The summed E-state index contributed by atoms with van der Waals surface area (Å²) in [5.74, 6) is 1.09. The van der Waals surface area contributed by atoms with E-state index in [0.717, 1.165) is 42.8 Å². The van der Waals surface area contributed by atoms with Crippen LogP contribution in [0.25, 0.3) is 5.69 Å². The van der Waals surface area contributed by atoms with Crippen molar-refractivity contribution in [3.8, 4) is 5.69 Å². The van der Waals surface area contributed by atoms with Crippen LogP contribution >= 0.6 is 0 Å². The standard InChI is InChI=1S/C15H16N4O/c16-13-12-10-17-19(11-6-2-1-3-7-11)14(12)18-15(20-13)8-4-5-9-15/h1-3,6-7,10,16,18H,4-5,8-9H2. The van der Waals surface area contributed by atoms with Gasteiger partial charge >= 0.3 is 0 Å². The Labute approximate surface area is 117 Å². The highest BCUT2D eigenvalue weighted by Gasteiger charge is 2.42. The number of rotatable bonds is 1. The lowest BCUT2D eigenvalue weighted by atomic mass is 10.1. The number of nitrogens with one attached hydrogen (secondary N) is 2. The van der Waals surface area contributed by atoms with Crippen molar-refractivity contribution in [3.63, 3.8) is 0 Å². The van der Waals surface area contributed by atoms with Crippen LogP contribution in [0.15, 0.2) is 36.5 Å². The van der Waals surface area contributed by atoms with Crippen molar-refractivity contribution in [3.05, 3.63) is 42.1 Å². The van der Waals surface area contributed by atoms with E-state index in [2.05, 4.69) is 10.4 Å². The minimum Gasteiger partial charge on any atom is -0.451 e. The van der Waals surface area contributed by atoms with Crippen molar-refractivity contribution in [2.45, 2.75) is 31.4 Å². The Bertz CT molecular complexity index is 656. The molecule has 5 nitrogen and oxygen atoms in total. The van der Waals surface area contributed by atoms with Gasteiger partial charge in [-0.1, -0.05) is 18.2 Å². The summed E-state index contributed by atoms with van der Waals surface area (Å²) in [5, 5.41) is 16.0. The molecule has 20 heavy (non-hydrogen) atoms. The van der Waals surface area contributed by atoms with Gasteiger partial charge in [-0.3, -0.25) is 5.41 Å². The Morgan fingerprint density at radius 3 is 2.70 bits per heavy atom. The lowest BCUT2D eigenvalue weighted by molar-refractivity contribution is 0.0868. The number of nitrogens with zero attached hydrogens (tertiary/aromatic N) is 2. The Hall–Kier alpha value is -2.30. The first-order chi connectivity index (χ1) is 9.77. The Balaban J connectivity index is 1.81. The Kier molecular flexibility index (Phi) is 2.36. The number of ether oxygens (including phenoxy) is 1. The van der Waals surface area contributed by atoms with Gasteiger partial charge in [0.05, 0.1) is 17.4 Å². The van der Waals surface area contributed by atoms with Crippen LogP contribution < -0.4 is 5.32 Å². The number of aromatic nitrogens is 2.